The zero-order valence-corrected chi connectivity index (χ0v) is 29.4. The molecule has 2 aliphatic rings. The van der Waals surface area contributed by atoms with Gasteiger partial charge in [-0.3, -0.25) is 28.8 Å². The number of carbonyl (C=O) groups is 6. The first kappa shape index (κ1) is 41.1. The number of benzene rings is 1. The molecule has 0 amide bonds. The molecule has 0 radical (unpaired) electrons. The molecule has 0 N–H and O–H groups in total. The third-order valence-corrected chi connectivity index (χ3v) is 7.86. The van der Waals surface area contributed by atoms with Gasteiger partial charge in [0.1, 0.15) is 25.4 Å². The molecule has 1 aromatic rings. The van der Waals surface area contributed by atoms with E-state index in [-0.39, 0.29) is 31.7 Å². The van der Waals surface area contributed by atoms with E-state index in [2.05, 4.69) is 0 Å². The minimum atomic E-state index is -1.00. The van der Waals surface area contributed by atoms with Crippen molar-refractivity contribution in [3.05, 3.63) is 35.9 Å². The third-order valence-electron chi connectivity index (χ3n) is 7.86. The van der Waals surface area contributed by atoms with Crippen LogP contribution in [-0.2, 0) is 78.0 Å². The van der Waals surface area contributed by atoms with Crippen molar-refractivity contribution in [3.8, 4) is 0 Å². The summed E-state index contributed by atoms with van der Waals surface area (Å²) in [6.45, 7) is 13.4. The Labute approximate surface area is 286 Å². The summed E-state index contributed by atoms with van der Waals surface area (Å²) < 4.78 is 48.5. The summed E-state index contributed by atoms with van der Waals surface area (Å²) in [7, 11) is 0. The highest BCUT2D eigenvalue weighted by molar-refractivity contribution is 5.68. The Morgan fingerprint density at radius 2 is 0.980 bits per heavy atom. The van der Waals surface area contributed by atoms with Gasteiger partial charge in [-0.1, -0.05) is 51.1 Å². The van der Waals surface area contributed by atoms with Crippen LogP contribution in [-0.4, -0.2) is 92.1 Å². The Hall–Kier alpha value is -4.08. The maximum atomic E-state index is 11.6. The summed E-state index contributed by atoms with van der Waals surface area (Å²) in [6.07, 6.45) is -5.47. The first-order chi connectivity index (χ1) is 23.0. The molecule has 0 bridgehead atoms. The van der Waals surface area contributed by atoms with Crippen molar-refractivity contribution in [1.29, 1.82) is 0 Å². The molecular weight excluding hydrogens is 648 g/mol. The summed E-state index contributed by atoms with van der Waals surface area (Å²) in [6, 6.07) is 9.39. The maximum absolute atomic E-state index is 11.6. The Morgan fingerprint density at radius 3 is 1.47 bits per heavy atom. The van der Waals surface area contributed by atoms with Crippen molar-refractivity contribution in [3.63, 3.8) is 0 Å². The number of esters is 6. The molecule has 10 atom stereocenters. The Kier molecular flexibility index (Phi) is 16.6. The number of ether oxygens (including phenoxy) is 9. The van der Waals surface area contributed by atoms with Gasteiger partial charge in [0.2, 0.25) is 6.29 Å². The van der Waals surface area contributed by atoms with Crippen molar-refractivity contribution < 1.29 is 71.4 Å². The summed E-state index contributed by atoms with van der Waals surface area (Å²) in [4.78, 5) is 67.7. The summed E-state index contributed by atoms with van der Waals surface area (Å²) >= 11 is 0. The molecule has 15 heteroatoms. The number of hydrogen-bond acceptors (Lipinski definition) is 15. The van der Waals surface area contributed by atoms with E-state index in [1.165, 1.54) is 41.5 Å². The van der Waals surface area contributed by atoms with E-state index in [0.717, 1.165) is 5.56 Å². The van der Waals surface area contributed by atoms with Crippen LogP contribution in [0.5, 0.6) is 0 Å². The van der Waals surface area contributed by atoms with E-state index < -0.39 is 84.8 Å². The van der Waals surface area contributed by atoms with Crippen LogP contribution in [0.25, 0.3) is 0 Å². The first-order valence-corrected chi connectivity index (χ1v) is 15.9. The molecule has 49 heavy (non-hydrogen) atoms. The van der Waals surface area contributed by atoms with Gasteiger partial charge in [0.05, 0.1) is 12.7 Å². The zero-order chi connectivity index (χ0) is 36.8. The average molecular weight is 697 g/mol. The Bertz CT molecular complexity index is 1270. The standard InChI is InChI=1S/C20H26O8.C14H22O7/c1-12-17(11-24-13(2)21)28-20(25-10-16-8-6-5-7-9-16)19(27-15(4)23)18(12)26-14(3)22;1-7-8(2)13(19-10(4)16)14(20-11(5)17)21-12(7)6-18-9(3)15/h5-9,12,17-20H,10-11H2,1-4H3;7-8,12-14H,6H2,1-5H3/t12-,17?,18?,19+,20-;7-,8?,12?,13-,14+/m10/s1. The molecule has 0 spiro atoms. The molecule has 0 saturated carbocycles. The average Bonchev–Trinajstić information content (AvgIpc) is 3.01. The fourth-order valence-corrected chi connectivity index (χ4v) is 5.26. The number of hydrogen-bond donors (Lipinski definition) is 0. The second-order valence-corrected chi connectivity index (χ2v) is 11.9. The molecule has 15 nitrogen and oxygen atoms in total. The zero-order valence-electron chi connectivity index (χ0n) is 29.4. The predicted octanol–water partition coefficient (Wildman–Crippen LogP) is 3.03. The van der Waals surface area contributed by atoms with Gasteiger partial charge in [-0.2, -0.15) is 0 Å². The molecule has 3 rings (SSSR count). The van der Waals surface area contributed by atoms with Gasteiger partial charge in [-0.05, 0) is 11.5 Å². The lowest BCUT2D eigenvalue weighted by molar-refractivity contribution is -0.297. The third kappa shape index (κ3) is 13.8. The number of rotatable bonds is 11. The van der Waals surface area contributed by atoms with Crippen LogP contribution in [0.1, 0.15) is 67.9 Å². The van der Waals surface area contributed by atoms with E-state index in [1.807, 2.05) is 44.2 Å². The molecule has 2 saturated heterocycles. The van der Waals surface area contributed by atoms with Gasteiger partial charge in [-0.15, -0.1) is 0 Å². The van der Waals surface area contributed by atoms with Crippen LogP contribution in [0.4, 0.5) is 0 Å². The second-order valence-electron chi connectivity index (χ2n) is 11.9. The van der Waals surface area contributed by atoms with Gasteiger partial charge in [-0.25, -0.2) is 0 Å². The van der Waals surface area contributed by atoms with Crippen LogP contribution in [0, 0.1) is 17.8 Å². The van der Waals surface area contributed by atoms with E-state index in [9.17, 15) is 28.8 Å². The Balaban J connectivity index is 0.000000355. The maximum Gasteiger partial charge on any atom is 0.305 e. The van der Waals surface area contributed by atoms with E-state index in [1.54, 1.807) is 6.92 Å². The quantitative estimate of drug-likeness (QED) is 0.243. The molecular formula is C34H48O15. The highest BCUT2D eigenvalue weighted by Gasteiger charge is 2.49. The molecule has 0 aromatic heterocycles. The van der Waals surface area contributed by atoms with Crippen molar-refractivity contribution in [1.82, 2.24) is 0 Å². The van der Waals surface area contributed by atoms with Crippen molar-refractivity contribution in [2.45, 2.75) is 112 Å². The summed E-state index contributed by atoms with van der Waals surface area (Å²) in [5.41, 5.74) is 0.895. The monoisotopic (exact) mass is 696 g/mol. The molecule has 1 aromatic carbocycles. The van der Waals surface area contributed by atoms with Gasteiger partial charge < -0.3 is 42.6 Å². The molecule has 2 aliphatic heterocycles. The lowest BCUT2D eigenvalue weighted by atomic mass is 9.83. The van der Waals surface area contributed by atoms with E-state index in [0.29, 0.717) is 0 Å². The number of carbonyl (C=O) groups excluding carboxylic acids is 6. The van der Waals surface area contributed by atoms with E-state index in [4.69, 9.17) is 42.6 Å². The summed E-state index contributed by atoms with van der Waals surface area (Å²) in [5.74, 6) is -3.51. The van der Waals surface area contributed by atoms with Crippen LogP contribution >= 0.6 is 0 Å². The normalized spacial score (nSPS) is 29.2. The minimum Gasteiger partial charge on any atom is -0.463 e. The van der Waals surface area contributed by atoms with Crippen LogP contribution in [0.3, 0.4) is 0 Å². The van der Waals surface area contributed by atoms with Crippen molar-refractivity contribution >= 4 is 35.8 Å². The molecule has 2 fully saturated rings. The fourth-order valence-electron chi connectivity index (χ4n) is 5.26. The fraction of sp³-hybridized carbons (Fsp3) is 0.647. The second kappa shape index (κ2) is 19.8. The lowest BCUT2D eigenvalue weighted by Crippen LogP contribution is -2.58. The van der Waals surface area contributed by atoms with Gasteiger partial charge in [0, 0.05) is 53.4 Å². The Morgan fingerprint density at radius 1 is 0.531 bits per heavy atom. The first-order valence-electron chi connectivity index (χ1n) is 15.9. The topological polar surface area (TPSA) is 185 Å². The van der Waals surface area contributed by atoms with Crippen LogP contribution < -0.4 is 0 Å². The molecule has 2 heterocycles. The van der Waals surface area contributed by atoms with E-state index >= 15 is 0 Å². The molecule has 0 aliphatic carbocycles. The SMILES string of the molecule is CC(=O)OCC1O[C@@H](OC(C)=O)[C@@H](OC(C)=O)C(C)[C@@H]1C.CC(=O)OCC1O[C@@H](OCc2ccccc2)[C@@H](OC(C)=O)C(OC(C)=O)[C@@H]1C. The highest BCUT2D eigenvalue weighted by atomic mass is 16.7. The predicted molar refractivity (Wildman–Crippen MR) is 168 cm³/mol. The van der Waals surface area contributed by atoms with Crippen LogP contribution in [0.15, 0.2) is 30.3 Å². The van der Waals surface area contributed by atoms with Crippen LogP contribution in [0.2, 0.25) is 0 Å². The van der Waals surface area contributed by atoms with Crippen molar-refractivity contribution in [2.24, 2.45) is 17.8 Å². The van der Waals surface area contributed by atoms with Gasteiger partial charge in [0.15, 0.2) is 18.5 Å². The molecule has 4 unspecified atom stereocenters. The lowest BCUT2D eigenvalue weighted by Gasteiger charge is -2.43. The largest absolute Gasteiger partial charge is 0.463 e. The smallest absolute Gasteiger partial charge is 0.305 e. The highest BCUT2D eigenvalue weighted by Crippen LogP contribution is 2.34. The van der Waals surface area contributed by atoms with Gasteiger partial charge in [0.25, 0.3) is 0 Å². The van der Waals surface area contributed by atoms with Gasteiger partial charge >= 0.3 is 35.8 Å². The molecule has 274 valence electrons. The summed E-state index contributed by atoms with van der Waals surface area (Å²) in [5, 5.41) is 0. The van der Waals surface area contributed by atoms with Crippen molar-refractivity contribution in [2.75, 3.05) is 13.2 Å². The minimum absolute atomic E-state index is 0.0355.